The standard InChI is InChI=1S/C10H19N3OS/c1-7(2)14-6-8-11-12-9(15)13(8)10(3,4)5/h7H,6H2,1-5H3,(H,12,15). The topological polar surface area (TPSA) is 42.8 Å². The summed E-state index contributed by atoms with van der Waals surface area (Å²) in [6.45, 7) is 10.8. The third-order valence-corrected chi connectivity index (χ3v) is 2.23. The van der Waals surface area contributed by atoms with Gasteiger partial charge in [-0.1, -0.05) is 0 Å². The van der Waals surface area contributed by atoms with E-state index in [0.717, 1.165) is 5.82 Å². The van der Waals surface area contributed by atoms with Crippen LogP contribution in [-0.4, -0.2) is 20.9 Å². The van der Waals surface area contributed by atoms with Gasteiger partial charge in [-0.15, -0.1) is 0 Å². The molecule has 0 aliphatic heterocycles. The molecule has 0 aliphatic carbocycles. The molecular weight excluding hydrogens is 210 g/mol. The number of nitrogens with one attached hydrogen (secondary N) is 1. The largest absolute Gasteiger partial charge is 0.371 e. The van der Waals surface area contributed by atoms with E-state index in [1.165, 1.54) is 0 Å². The maximum atomic E-state index is 5.53. The minimum atomic E-state index is -0.0697. The smallest absolute Gasteiger partial charge is 0.195 e. The number of H-pyrrole nitrogens is 1. The molecular formula is C10H19N3OS. The summed E-state index contributed by atoms with van der Waals surface area (Å²) >= 11 is 5.19. The van der Waals surface area contributed by atoms with Gasteiger partial charge in [0.15, 0.2) is 10.6 Å². The first-order chi connectivity index (χ1) is 6.82. The molecule has 1 rings (SSSR count). The molecule has 5 heteroatoms. The van der Waals surface area contributed by atoms with Crippen LogP contribution >= 0.6 is 12.2 Å². The molecule has 0 radical (unpaired) electrons. The van der Waals surface area contributed by atoms with E-state index in [1.54, 1.807) is 0 Å². The van der Waals surface area contributed by atoms with Crippen LogP contribution in [0.1, 0.15) is 40.4 Å². The Balaban J connectivity index is 2.95. The van der Waals surface area contributed by atoms with Gasteiger partial charge in [0.05, 0.1) is 6.10 Å². The van der Waals surface area contributed by atoms with Crippen molar-refractivity contribution in [2.75, 3.05) is 0 Å². The van der Waals surface area contributed by atoms with Crippen molar-refractivity contribution in [3.05, 3.63) is 10.6 Å². The fourth-order valence-electron chi connectivity index (χ4n) is 1.36. The van der Waals surface area contributed by atoms with Crippen molar-refractivity contribution in [1.29, 1.82) is 0 Å². The maximum absolute atomic E-state index is 5.53. The molecule has 0 aromatic carbocycles. The highest BCUT2D eigenvalue weighted by molar-refractivity contribution is 7.71. The SMILES string of the molecule is CC(C)OCc1n[nH]c(=S)n1C(C)(C)C. The molecule has 0 spiro atoms. The number of hydrogen-bond acceptors (Lipinski definition) is 3. The molecule has 0 unspecified atom stereocenters. The molecule has 0 amide bonds. The molecule has 0 bridgehead atoms. The van der Waals surface area contributed by atoms with Gasteiger partial charge in [-0.05, 0) is 46.8 Å². The van der Waals surface area contributed by atoms with E-state index >= 15 is 0 Å². The minimum absolute atomic E-state index is 0.0697. The van der Waals surface area contributed by atoms with Crippen LogP contribution in [0, 0.1) is 4.77 Å². The first-order valence-electron chi connectivity index (χ1n) is 5.10. The minimum Gasteiger partial charge on any atom is -0.371 e. The van der Waals surface area contributed by atoms with Crippen molar-refractivity contribution in [2.45, 2.75) is 52.9 Å². The van der Waals surface area contributed by atoms with E-state index in [2.05, 4.69) is 31.0 Å². The summed E-state index contributed by atoms with van der Waals surface area (Å²) in [7, 11) is 0. The van der Waals surface area contributed by atoms with Crippen LogP contribution < -0.4 is 0 Å². The second-order valence-electron chi connectivity index (χ2n) is 4.81. The summed E-state index contributed by atoms with van der Waals surface area (Å²) in [5.41, 5.74) is -0.0697. The Kier molecular flexibility index (Phi) is 3.67. The number of rotatable bonds is 3. The Morgan fingerprint density at radius 2 is 2.07 bits per heavy atom. The summed E-state index contributed by atoms with van der Waals surface area (Å²) in [4.78, 5) is 0. The third kappa shape index (κ3) is 3.14. The van der Waals surface area contributed by atoms with Crippen LogP contribution in [0.3, 0.4) is 0 Å². The summed E-state index contributed by atoms with van der Waals surface area (Å²) < 4.78 is 8.16. The van der Waals surface area contributed by atoms with Gasteiger partial charge in [-0.25, -0.2) is 0 Å². The molecule has 15 heavy (non-hydrogen) atoms. The zero-order valence-electron chi connectivity index (χ0n) is 10.00. The first kappa shape index (κ1) is 12.4. The molecule has 0 aliphatic rings. The summed E-state index contributed by atoms with van der Waals surface area (Å²) in [5.74, 6) is 0.848. The van der Waals surface area contributed by atoms with Crippen LogP contribution in [0.15, 0.2) is 0 Å². The zero-order chi connectivity index (χ0) is 11.6. The molecule has 0 fully saturated rings. The van der Waals surface area contributed by atoms with Gasteiger partial charge in [0.25, 0.3) is 0 Å². The van der Waals surface area contributed by atoms with Crippen molar-refractivity contribution in [3.8, 4) is 0 Å². The average molecular weight is 229 g/mol. The number of aromatic amines is 1. The lowest BCUT2D eigenvalue weighted by atomic mass is 10.1. The highest BCUT2D eigenvalue weighted by Gasteiger charge is 2.19. The number of ether oxygens (including phenoxy) is 1. The van der Waals surface area contributed by atoms with E-state index in [9.17, 15) is 0 Å². The summed E-state index contributed by atoms with van der Waals surface area (Å²) in [5, 5.41) is 6.98. The van der Waals surface area contributed by atoms with Gasteiger partial charge >= 0.3 is 0 Å². The van der Waals surface area contributed by atoms with Crippen LogP contribution in [0.5, 0.6) is 0 Å². The molecule has 1 aromatic rings. The highest BCUT2D eigenvalue weighted by Crippen LogP contribution is 2.17. The lowest BCUT2D eigenvalue weighted by Crippen LogP contribution is -2.25. The number of aromatic nitrogens is 3. The van der Waals surface area contributed by atoms with E-state index < -0.39 is 0 Å². The van der Waals surface area contributed by atoms with Gasteiger partial charge in [0.1, 0.15) is 6.61 Å². The van der Waals surface area contributed by atoms with Gasteiger partial charge < -0.3 is 4.74 Å². The van der Waals surface area contributed by atoms with Crippen LogP contribution in [-0.2, 0) is 16.9 Å². The number of hydrogen-bond donors (Lipinski definition) is 1. The lowest BCUT2D eigenvalue weighted by molar-refractivity contribution is 0.0571. The molecule has 1 heterocycles. The van der Waals surface area contributed by atoms with E-state index in [-0.39, 0.29) is 11.6 Å². The third-order valence-electron chi connectivity index (χ3n) is 1.96. The molecule has 0 atom stereocenters. The van der Waals surface area contributed by atoms with Crippen molar-refractivity contribution < 1.29 is 4.74 Å². The lowest BCUT2D eigenvalue weighted by Gasteiger charge is -2.22. The van der Waals surface area contributed by atoms with Crippen molar-refractivity contribution >= 4 is 12.2 Å². The Labute approximate surface area is 95.7 Å². The fourth-order valence-corrected chi connectivity index (χ4v) is 1.78. The molecule has 4 nitrogen and oxygen atoms in total. The van der Waals surface area contributed by atoms with E-state index in [0.29, 0.717) is 11.4 Å². The Hall–Kier alpha value is -0.680. The van der Waals surface area contributed by atoms with Gasteiger partial charge in [0.2, 0.25) is 0 Å². The van der Waals surface area contributed by atoms with Crippen molar-refractivity contribution in [2.24, 2.45) is 0 Å². The average Bonchev–Trinajstić information content (AvgIpc) is 2.42. The molecule has 0 saturated carbocycles. The van der Waals surface area contributed by atoms with Gasteiger partial charge in [-0.2, -0.15) is 5.10 Å². The molecule has 0 saturated heterocycles. The fraction of sp³-hybridized carbons (Fsp3) is 0.800. The van der Waals surface area contributed by atoms with Crippen LogP contribution in [0.4, 0.5) is 0 Å². The second-order valence-corrected chi connectivity index (χ2v) is 5.20. The van der Waals surface area contributed by atoms with Crippen LogP contribution in [0.2, 0.25) is 0 Å². The molecule has 1 aromatic heterocycles. The quantitative estimate of drug-likeness (QED) is 0.810. The van der Waals surface area contributed by atoms with Crippen LogP contribution in [0.25, 0.3) is 0 Å². The Morgan fingerprint density at radius 1 is 1.47 bits per heavy atom. The highest BCUT2D eigenvalue weighted by atomic mass is 32.1. The maximum Gasteiger partial charge on any atom is 0.195 e. The van der Waals surface area contributed by atoms with E-state index in [4.69, 9.17) is 17.0 Å². The zero-order valence-corrected chi connectivity index (χ0v) is 10.8. The molecule has 86 valence electrons. The predicted molar refractivity (Wildman–Crippen MR) is 62.3 cm³/mol. The normalized spacial score (nSPS) is 12.4. The second kappa shape index (κ2) is 4.45. The molecule has 1 N–H and O–H groups in total. The van der Waals surface area contributed by atoms with E-state index in [1.807, 2.05) is 18.4 Å². The predicted octanol–water partition coefficient (Wildman–Crippen LogP) is 2.62. The monoisotopic (exact) mass is 229 g/mol. The first-order valence-corrected chi connectivity index (χ1v) is 5.51. The van der Waals surface area contributed by atoms with Gasteiger partial charge in [-0.3, -0.25) is 9.67 Å². The van der Waals surface area contributed by atoms with Gasteiger partial charge in [0, 0.05) is 5.54 Å². The Morgan fingerprint density at radius 3 is 2.53 bits per heavy atom. The summed E-state index contributed by atoms with van der Waals surface area (Å²) in [6, 6.07) is 0. The summed E-state index contributed by atoms with van der Waals surface area (Å²) in [6.07, 6.45) is 0.198. The number of nitrogens with zero attached hydrogens (tertiary/aromatic N) is 2. The Bertz CT molecular complexity index is 373. The van der Waals surface area contributed by atoms with Crippen molar-refractivity contribution in [3.63, 3.8) is 0 Å². The van der Waals surface area contributed by atoms with Crippen molar-refractivity contribution in [1.82, 2.24) is 14.8 Å².